The largest absolute Gasteiger partial charge is 0.241 e. The lowest BCUT2D eigenvalue weighted by molar-refractivity contribution is 0.485. The van der Waals surface area contributed by atoms with Gasteiger partial charge in [-0.2, -0.15) is 0 Å². The van der Waals surface area contributed by atoms with Crippen molar-refractivity contribution in [2.75, 3.05) is 0 Å². The zero-order valence-electron chi connectivity index (χ0n) is 28.5. The number of hydrogen-bond acceptors (Lipinski definition) is 4. The van der Waals surface area contributed by atoms with Gasteiger partial charge in [0.2, 0.25) is 20.0 Å². The summed E-state index contributed by atoms with van der Waals surface area (Å²) in [5.74, 6) is 0.595. The molecule has 2 N–H and O–H groups in total. The summed E-state index contributed by atoms with van der Waals surface area (Å²) in [6, 6.07) is 7.06. The van der Waals surface area contributed by atoms with Gasteiger partial charge in [0.1, 0.15) is 0 Å². The first-order valence-electron chi connectivity index (χ1n) is 16.2. The molecule has 1 fully saturated rings. The molecule has 2 aromatic carbocycles. The molecule has 1 aliphatic rings. The van der Waals surface area contributed by atoms with E-state index in [9.17, 15) is 16.8 Å². The summed E-state index contributed by atoms with van der Waals surface area (Å²) in [6.07, 6.45) is 1.89. The Morgan fingerprint density at radius 2 is 0.744 bits per heavy atom. The average Bonchev–Trinajstić information content (AvgIpc) is 3.31. The van der Waals surface area contributed by atoms with Gasteiger partial charge in [0.05, 0.1) is 9.79 Å². The normalized spacial score (nSPS) is 18.4. The zero-order valence-corrected chi connectivity index (χ0v) is 30.1. The molecular weight excluding hydrogens is 577 g/mol. The minimum atomic E-state index is -3.93. The quantitative estimate of drug-likeness (QED) is 0.245. The van der Waals surface area contributed by atoms with Gasteiger partial charge in [-0.25, -0.2) is 26.3 Å². The van der Waals surface area contributed by atoms with Gasteiger partial charge in [-0.1, -0.05) is 114 Å². The minimum absolute atomic E-state index is 0.0124. The highest BCUT2D eigenvalue weighted by molar-refractivity contribution is 7.90. The van der Waals surface area contributed by atoms with Crippen LogP contribution in [0.2, 0.25) is 0 Å². The van der Waals surface area contributed by atoms with E-state index in [1.54, 1.807) is 0 Å². The van der Waals surface area contributed by atoms with Gasteiger partial charge >= 0.3 is 0 Å². The van der Waals surface area contributed by atoms with Crippen LogP contribution < -0.4 is 9.44 Å². The van der Waals surface area contributed by atoms with Gasteiger partial charge in [0.15, 0.2) is 0 Å². The molecule has 6 nitrogen and oxygen atoms in total. The first-order chi connectivity index (χ1) is 19.8. The molecule has 0 unspecified atom stereocenters. The van der Waals surface area contributed by atoms with Gasteiger partial charge in [0, 0.05) is 12.1 Å². The SMILES string of the molecule is CC(C)c1cc(C(C)C)c(S(=O)(=O)N[C@H]2CCC[C@H]2NS(=O)(=O)c2c(C(C)C)cc(C(C)C)cc2C(C)C)c(C(C)C)c1. The third kappa shape index (κ3) is 7.92. The topological polar surface area (TPSA) is 92.3 Å². The summed E-state index contributed by atoms with van der Waals surface area (Å²) in [7, 11) is -7.87. The monoisotopic (exact) mass is 632 g/mol. The van der Waals surface area contributed by atoms with Crippen molar-refractivity contribution < 1.29 is 16.8 Å². The molecule has 1 aliphatic carbocycles. The van der Waals surface area contributed by atoms with Crippen molar-refractivity contribution in [3.63, 3.8) is 0 Å². The number of rotatable bonds is 12. The summed E-state index contributed by atoms with van der Waals surface area (Å²) in [6.45, 7) is 24.7. The van der Waals surface area contributed by atoms with Gasteiger partial charge in [-0.3, -0.25) is 0 Å². The molecule has 1 saturated carbocycles. The summed E-state index contributed by atoms with van der Waals surface area (Å²) >= 11 is 0. The molecule has 0 spiro atoms. The standard InChI is InChI=1S/C35H56N2O4S2/c1-20(2)26-16-28(22(5)6)34(29(17-26)23(7)8)42(38,39)36-32-14-13-15-33(32)37-43(40,41)35-30(24(9)10)18-27(21(3)4)19-31(35)25(11)12/h16-25,32-33,36-37H,13-15H2,1-12H3/t32-,33+. The van der Waals surface area contributed by atoms with Crippen LogP contribution in [0.15, 0.2) is 34.1 Å². The summed E-state index contributed by atoms with van der Waals surface area (Å²) < 4.78 is 62.8. The van der Waals surface area contributed by atoms with E-state index in [0.717, 1.165) is 39.8 Å². The van der Waals surface area contributed by atoms with Crippen LogP contribution in [0.5, 0.6) is 0 Å². The van der Waals surface area contributed by atoms with Crippen LogP contribution in [0.1, 0.15) is 171 Å². The molecule has 242 valence electrons. The Labute approximate surface area is 262 Å². The van der Waals surface area contributed by atoms with Crippen molar-refractivity contribution >= 4 is 20.0 Å². The molecule has 0 saturated heterocycles. The number of nitrogens with one attached hydrogen (secondary N) is 2. The molecule has 0 bridgehead atoms. The van der Waals surface area contributed by atoms with Crippen molar-refractivity contribution in [2.45, 2.75) is 160 Å². The van der Waals surface area contributed by atoms with Gasteiger partial charge in [-0.05, 0) is 81.7 Å². The molecule has 43 heavy (non-hydrogen) atoms. The molecule has 3 rings (SSSR count). The fourth-order valence-electron chi connectivity index (χ4n) is 6.16. The van der Waals surface area contributed by atoms with Crippen LogP contribution >= 0.6 is 0 Å². The lowest BCUT2D eigenvalue weighted by Gasteiger charge is -2.28. The fourth-order valence-corrected chi connectivity index (χ4v) is 10.2. The second-order valence-electron chi connectivity index (χ2n) is 14.4. The Hall–Kier alpha value is -1.74. The molecule has 0 heterocycles. The van der Waals surface area contributed by atoms with Gasteiger partial charge in [0.25, 0.3) is 0 Å². The van der Waals surface area contributed by atoms with Crippen molar-refractivity contribution in [1.29, 1.82) is 0 Å². The van der Waals surface area contributed by atoms with Gasteiger partial charge < -0.3 is 0 Å². The van der Waals surface area contributed by atoms with Crippen LogP contribution in [0, 0.1) is 0 Å². The molecule has 0 aliphatic heterocycles. The molecule has 0 radical (unpaired) electrons. The molecule has 8 heteroatoms. The molecule has 2 aromatic rings. The molecule has 0 aromatic heterocycles. The van der Waals surface area contributed by atoms with E-state index < -0.39 is 32.1 Å². The van der Waals surface area contributed by atoms with E-state index in [-0.39, 0.29) is 35.5 Å². The van der Waals surface area contributed by atoms with Crippen molar-refractivity contribution in [1.82, 2.24) is 9.44 Å². The van der Waals surface area contributed by atoms with E-state index in [1.807, 2.05) is 79.7 Å². The maximum atomic E-state index is 14.2. The zero-order chi connectivity index (χ0) is 32.6. The number of hydrogen-bond donors (Lipinski definition) is 2. The van der Waals surface area contributed by atoms with Crippen LogP contribution in [-0.2, 0) is 20.0 Å². The maximum Gasteiger partial charge on any atom is 0.241 e. The lowest BCUT2D eigenvalue weighted by atomic mass is 9.89. The Morgan fingerprint density at radius 1 is 0.488 bits per heavy atom. The van der Waals surface area contributed by atoms with Crippen LogP contribution in [0.25, 0.3) is 0 Å². The fraction of sp³-hybridized carbons (Fsp3) is 0.657. The first kappa shape index (κ1) is 35.7. The van der Waals surface area contributed by atoms with E-state index >= 15 is 0 Å². The number of sulfonamides is 2. The molecule has 0 amide bonds. The highest BCUT2D eigenvalue weighted by Crippen LogP contribution is 2.38. The number of benzene rings is 2. The van der Waals surface area contributed by atoms with Crippen LogP contribution in [0.4, 0.5) is 0 Å². The Kier molecular flexibility index (Phi) is 11.4. The van der Waals surface area contributed by atoms with E-state index in [4.69, 9.17) is 0 Å². The third-order valence-electron chi connectivity index (χ3n) is 8.83. The minimum Gasteiger partial charge on any atom is -0.207 e. The molecular formula is C35H56N2O4S2. The predicted molar refractivity (Wildman–Crippen MR) is 179 cm³/mol. The maximum absolute atomic E-state index is 14.2. The lowest BCUT2D eigenvalue weighted by Crippen LogP contribution is -2.49. The average molecular weight is 633 g/mol. The smallest absolute Gasteiger partial charge is 0.207 e. The second-order valence-corrected chi connectivity index (χ2v) is 17.7. The Morgan fingerprint density at radius 3 is 0.953 bits per heavy atom. The van der Waals surface area contributed by atoms with Crippen molar-refractivity contribution in [3.05, 3.63) is 57.6 Å². The summed E-state index contributed by atoms with van der Waals surface area (Å²) in [4.78, 5) is 0.702. The Bertz CT molecular complexity index is 1330. The van der Waals surface area contributed by atoms with Crippen LogP contribution in [0.3, 0.4) is 0 Å². The van der Waals surface area contributed by atoms with E-state index in [1.165, 1.54) is 0 Å². The van der Waals surface area contributed by atoms with Gasteiger partial charge in [-0.15, -0.1) is 0 Å². The highest BCUT2D eigenvalue weighted by atomic mass is 32.2. The first-order valence-corrected chi connectivity index (χ1v) is 19.1. The summed E-state index contributed by atoms with van der Waals surface area (Å²) in [5, 5.41) is 0. The predicted octanol–water partition coefficient (Wildman–Crippen LogP) is 8.60. The second kappa shape index (κ2) is 13.7. The highest BCUT2D eigenvalue weighted by Gasteiger charge is 2.38. The molecule has 2 atom stereocenters. The summed E-state index contributed by atoms with van der Waals surface area (Å²) in [5.41, 5.74) is 5.50. The third-order valence-corrected chi connectivity index (χ3v) is 12.1. The van der Waals surface area contributed by atoms with Crippen LogP contribution in [-0.4, -0.2) is 28.9 Å². The van der Waals surface area contributed by atoms with Crippen molar-refractivity contribution in [2.24, 2.45) is 0 Å². The Balaban J connectivity index is 2.06. The van der Waals surface area contributed by atoms with E-state index in [0.29, 0.717) is 22.6 Å². The van der Waals surface area contributed by atoms with Crippen molar-refractivity contribution in [3.8, 4) is 0 Å². The van der Waals surface area contributed by atoms with E-state index in [2.05, 4.69) is 37.1 Å².